The van der Waals surface area contributed by atoms with Gasteiger partial charge in [-0.2, -0.15) is 0 Å². The highest BCUT2D eigenvalue weighted by Crippen LogP contribution is 2.36. The van der Waals surface area contributed by atoms with Crippen molar-refractivity contribution in [3.05, 3.63) is 71.3 Å². The van der Waals surface area contributed by atoms with Crippen LogP contribution in [-0.4, -0.2) is 79.9 Å². The van der Waals surface area contributed by atoms with Gasteiger partial charge in [-0.25, -0.2) is 14.4 Å². The number of hydrogen-bond donors (Lipinski definition) is 0. The molecule has 0 saturated heterocycles. The van der Waals surface area contributed by atoms with Gasteiger partial charge in [0.15, 0.2) is 6.10 Å². The Labute approximate surface area is 242 Å². The van der Waals surface area contributed by atoms with E-state index in [4.69, 9.17) is 42.6 Å². The molecule has 0 radical (unpaired) electrons. The third kappa shape index (κ3) is 7.53. The first-order chi connectivity index (χ1) is 20.3. The van der Waals surface area contributed by atoms with Crippen LogP contribution in [0.15, 0.2) is 54.6 Å². The minimum Gasteiger partial charge on any atom is -0.496 e. The molecule has 12 nitrogen and oxygen atoms in total. The Bertz CT molecular complexity index is 1340. The monoisotopic (exact) mass is 584 g/mol. The molecule has 0 amide bonds. The van der Waals surface area contributed by atoms with E-state index in [-0.39, 0.29) is 39.7 Å². The van der Waals surface area contributed by atoms with Crippen LogP contribution in [0.1, 0.15) is 31.1 Å². The molecule has 1 unspecified atom stereocenters. The number of benzene rings is 3. The number of hydrogen-bond acceptors (Lipinski definition) is 12. The van der Waals surface area contributed by atoms with Crippen molar-refractivity contribution in [2.75, 3.05) is 55.9 Å². The summed E-state index contributed by atoms with van der Waals surface area (Å²) < 4.78 is 48.3. The zero-order valence-corrected chi connectivity index (χ0v) is 24.1. The Morgan fingerprint density at radius 3 is 1.36 bits per heavy atom. The Morgan fingerprint density at radius 2 is 0.952 bits per heavy atom. The van der Waals surface area contributed by atoms with E-state index in [1.165, 1.54) is 66.9 Å². The molecule has 224 valence electrons. The second-order valence-corrected chi connectivity index (χ2v) is 8.40. The SMILES string of the molecule is COc1cc(OC)c(C(=O)OCC(COC(=O)c2ccccc2)OC(=O)c2c(OC)cc(OC)cc2OC)c(OC)c1. The smallest absolute Gasteiger partial charge is 0.346 e. The molecule has 0 saturated carbocycles. The fourth-order valence-corrected chi connectivity index (χ4v) is 3.81. The molecule has 0 fully saturated rings. The largest absolute Gasteiger partial charge is 0.496 e. The molecule has 3 rings (SSSR count). The van der Waals surface area contributed by atoms with Crippen LogP contribution in [0.5, 0.6) is 34.5 Å². The number of carbonyl (C=O) groups excluding carboxylic acids is 3. The van der Waals surface area contributed by atoms with Crippen molar-refractivity contribution in [2.45, 2.75) is 6.10 Å². The maximum Gasteiger partial charge on any atom is 0.346 e. The van der Waals surface area contributed by atoms with Crippen LogP contribution in [0.3, 0.4) is 0 Å². The van der Waals surface area contributed by atoms with E-state index >= 15 is 0 Å². The molecule has 3 aromatic rings. The van der Waals surface area contributed by atoms with Crippen molar-refractivity contribution in [3.8, 4) is 34.5 Å². The topological polar surface area (TPSA) is 134 Å². The first kappa shape index (κ1) is 31.4. The number of esters is 3. The lowest BCUT2D eigenvalue weighted by atomic mass is 10.1. The third-order valence-corrected chi connectivity index (χ3v) is 5.92. The maximum absolute atomic E-state index is 13.4. The quantitative estimate of drug-likeness (QED) is 0.200. The molecule has 0 aliphatic carbocycles. The van der Waals surface area contributed by atoms with Crippen LogP contribution >= 0.6 is 0 Å². The first-order valence-corrected chi connectivity index (χ1v) is 12.5. The van der Waals surface area contributed by atoms with E-state index in [0.717, 1.165) is 0 Å². The average Bonchev–Trinajstić information content (AvgIpc) is 3.04. The van der Waals surface area contributed by atoms with Gasteiger partial charge in [0.2, 0.25) is 0 Å². The Morgan fingerprint density at radius 1 is 0.548 bits per heavy atom. The normalized spacial score (nSPS) is 11.0. The lowest BCUT2D eigenvalue weighted by Crippen LogP contribution is -2.31. The molecule has 0 aliphatic heterocycles. The Kier molecular flexibility index (Phi) is 11.2. The molecule has 0 aromatic heterocycles. The van der Waals surface area contributed by atoms with Crippen LogP contribution < -0.4 is 28.4 Å². The van der Waals surface area contributed by atoms with Gasteiger partial charge in [0.25, 0.3) is 0 Å². The molecule has 0 bridgehead atoms. The summed E-state index contributed by atoms with van der Waals surface area (Å²) in [5.74, 6) is -1.14. The molecule has 0 N–H and O–H groups in total. The van der Waals surface area contributed by atoms with Gasteiger partial charge in [-0.3, -0.25) is 0 Å². The van der Waals surface area contributed by atoms with Gasteiger partial charge in [0.05, 0.1) is 48.2 Å². The summed E-state index contributed by atoms with van der Waals surface area (Å²) in [6.07, 6.45) is -1.24. The van der Waals surface area contributed by atoms with Crippen molar-refractivity contribution < 1.29 is 57.0 Å². The number of ether oxygens (including phenoxy) is 9. The van der Waals surface area contributed by atoms with Crippen molar-refractivity contribution in [3.63, 3.8) is 0 Å². The molecule has 42 heavy (non-hydrogen) atoms. The molecule has 1 atom stereocenters. The number of carbonyl (C=O) groups is 3. The van der Waals surface area contributed by atoms with Crippen molar-refractivity contribution in [1.29, 1.82) is 0 Å². The van der Waals surface area contributed by atoms with Gasteiger partial charge >= 0.3 is 17.9 Å². The molecule has 0 spiro atoms. The molecule has 0 aliphatic rings. The zero-order valence-electron chi connectivity index (χ0n) is 24.1. The molecular weight excluding hydrogens is 552 g/mol. The highest BCUT2D eigenvalue weighted by Gasteiger charge is 2.28. The average molecular weight is 585 g/mol. The van der Waals surface area contributed by atoms with Crippen molar-refractivity contribution in [1.82, 2.24) is 0 Å². The van der Waals surface area contributed by atoms with Gasteiger partial charge in [0.1, 0.15) is 58.8 Å². The fraction of sp³-hybridized carbons (Fsp3) is 0.300. The fourth-order valence-electron chi connectivity index (χ4n) is 3.81. The predicted octanol–water partition coefficient (Wildman–Crippen LogP) is 3.98. The highest BCUT2D eigenvalue weighted by molar-refractivity contribution is 5.97. The predicted molar refractivity (Wildman–Crippen MR) is 148 cm³/mol. The number of methoxy groups -OCH3 is 6. The van der Waals surface area contributed by atoms with E-state index in [1.54, 1.807) is 30.3 Å². The molecular formula is C30H32O12. The zero-order chi connectivity index (χ0) is 30.6. The summed E-state index contributed by atoms with van der Waals surface area (Å²) in [6, 6.07) is 14.2. The maximum atomic E-state index is 13.4. The lowest BCUT2D eigenvalue weighted by molar-refractivity contribution is -0.0258. The van der Waals surface area contributed by atoms with Crippen LogP contribution in [-0.2, 0) is 14.2 Å². The third-order valence-electron chi connectivity index (χ3n) is 5.92. The van der Waals surface area contributed by atoms with E-state index in [0.29, 0.717) is 11.5 Å². The summed E-state index contributed by atoms with van der Waals surface area (Å²) in [5.41, 5.74) is 0.210. The second kappa shape index (κ2) is 15.0. The van der Waals surface area contributed by atoms with E-state index in [9.17, 15) is 14.4 Å². The van der Waals surface area contributed by atoms with Crippen molar-refractivity contribution in [2.24, 2.45) is 0 Å². The Balaban J connectivity index is 1.87. The summed E-state index contributed by atoms with van der Waals surface area (Å²) in [6.45, 7) is -0.934. The molecule has 3 aromatic carbocycles. The molecule has 0 heterocycles. The van der Waals surface area contributed by atoms with E-state index in [1.807, 2.05) is 0 Å². The molecule has 12 heteroatoms. The summed E-state index contributed by atoms with van der Waals surface area (Å²) >= 11 is 0. The summed E-state index contributed by atoms with van der Waals surface area (Å²) in [5, 5.41) is 0. The lowest BCUT2D eigenvalue weighted by Gasteiger charge is -2.21. The number of rotatable bonds is 14. The van der Waals surface area contributed by atoms with Gasteiger partial charge < -0.3 is 42.6 Å². The van der Waals surface area contributed by atoms with Crippen LogP contribution in [0.2, 0.25) is 0 Å². The minimum absolute atomic E-state index is 0.0225. The standard InChI is InChI=1S/C30H32O12/c1-34-19-12-22(36-3)26(23(13-19)37-4)29(32)41-17-21(16-40-28(31)18-10-8-7-9-11-18)42-30(33)27-24(38-5)14-20(35-2)15-25(27)39-6/h7-15,21H,16-17H2,1-6H3. The van der Waals surface area contributed by atoms with E-state index in [2.05, 4.69) is 0 Å². The minimum atomic E-state index is -1.24. The first-order valence-electron chi connectivity index (χ1n) is 12.5. The van der Waals surface area contributed by atoms with Gasteiger partial charge in [0, 0.05) is 24.3 Å². The van der Waals surface area contributed by atoms with Gasteiger partial charge in [-0.15, -0.1) is 0 Å². The summed E-state index contributed by atoms with van der Waals surface area (Å²) in [4.78, 5) is 39.1. The van der Waals surface area contributed by atoms with Gasteiger partial charge in [-0.05, 0) is 12.1 Å². The van der Waals surface area contributed by atoms with Crippen molar-refractivity contribution >= 4 is 17.9 Å². The van der Waals surface area contributed by atoms with E-state index < -0.39 is 37.2 Å². The highest BCUT2D eigenvalue weighted by atomic mass is 16.6. The van der Waals surface area contributed by atoms with Crippen LogP contribution in [0, 0.1) is 0 Å². The van der Waals surface area contributed by atoms with Crippen LogP contribution in [0.4, 0.5) is 0 Å². The Hall–Kier alpha value is -5.13. The van der Waals surface area contributed by atoms with Crippen LogP contribution in [0.25, 0.3) is 0 Å². The second-order valence-electron chi connectivity index (χ2n) is 8.40. The summed E-state index contributed by atoms with van der Waals surface area (Å²) in [7, 11) is 8.37. The van der Waals surface area contributed by atoms with Gasteiger partial charge in [-0.1, -0.05) is 18.2 Å².